The molecule has 1 fully saturated rings. The van der Waals surface area contributed by atoms with Gasteiger partial charge in [-0.15, -0.1) is 0 Å². The molecule has 1 saturated carbocycles. The van der Waals surface area contributed by atoms with Crippen molar-refractivity contribution < 1.29 is 9.53 Å². The summed E-state index contributed by atoms with van der Waals surface area (Å²) in [4.78, 5) is 13.8. The van der Waals surface area contributed by atoms with Crippen LogP contribution in [0.3, 0.4) is 0 Å². The molecule has 3 atom stereocenters. The zero-order valence-electron chi connectivity index (χ0n) is 11.2. The maximum absolute atomic E-state index is 12.1. The van der Waals surface area contributed by atoms with Crippen LogP contribution in [-0.4, -0.2) is 24.1 Å². The van der Waals surface area contributed by atoms with E-state index in [1.165, 1.54) is 6.42 Å². The van der Waals surface area contributed by atoms with Gasteiger partial charge >= 0.3 is 6.09 Å². The predicted molar refractivity (Wildman–Crippen MR) is 73.5 cm³/mol. The molecular formula is C16H19NO2. The van der Waals surface area contributed by atoms with E-state index in [9.17, 15) is 4.79 Å². The van der Waals surface area contributed by atoms with Crippen molar-refractivity contribution in [3.05, 3.63) is 48.0 Å². The molecule has 0 N–H and O–H groups in total. The summed E-state index contributed by atoms with van der Waals surface area (Å²) in [6, 6.07) is 10.1. The molecule has 0 heterocycles. The van der Waals surface area contributed by atoms with Crippen LogP contribution in [0.1, 0.15) is 18.4 Å². The number of hydrogen-bond acceptors (Lipinski definition) is 2. The smallest absolute Gasteiger partial charge is 0.410 e. The van der Waals surface area contributed by atoms with Crippen molar-refractivity contribution in [1.29, 1.82) is 0 Å². The van der Waals surface area contributed by atoms with Gasteiger partial charge in [0.25, 0.3) is 0 Å². The first kappa shape index (κ1) is 12.3. The second-order valence-electron chi connectivity index (χ2n) is 5.50. The number of rotatable bonds is 3. The molecule has 19 heavy (non-hydrogen) atoms. The minimum Gasteiger partial charge on any atom is -0.445 e. The van der Waals surface area contributed by atoms with Gasteiger partial charge in [0.15, 0.2) is 0 Å². The lowest BCUT2D eigenvalue weighted by Gasteiger charge is -2.28. The normalized spacial score (nSPS) is 27.5. The van der Waals surface area contributed by atoms with E-state index < -0.39 is 0 Å². The molecule has 2 aliphatic rings. The van der Waals surface area contributed by atoms with Crippen molar-refractivity contribution in [2.45, 2.75) is 25.5 Å². The van der Waals surface area contributed by atoms with Crippen molar-refractivity contribution in [2.24, 2.45) is 11.8 Å². The van der Waals surface area contributed by atoms with E-state index in [-0.39, 0.29) is 6.09 Å². The summed E-state index contributed by atoms with van der Waals surface area (Å²) in [5, 5.41) is 0. The monoisotopic (exact) mass is 257 g/mol. The molecule has 0 aromatic heterocycles. The Morgan fingerprint density at radius 3 is 2.68 bits per heavy atom. The van der Waals surface area contributed by atoms with Gasteiger partial charge in [-0.1, -0.05) is 42.5 Å². The summed E-state index contributed by atoms with van der Waals surface area (Å²) in [6.07, 6.45) is 6.60. The molecule has 0 aliphatic heterocycles. The third-order valence-corrected chi connectivity index (χ3v) is 4.23. The van der Waals surface area contributed by atoms with Gasteiger partial charge < -0.3 is 9.64 Å². The Kier molecular flexibility index (Phi) is 3.28. The van der Waals surface area contributed by atoms with Crippen LogP contribution in [0.4, 0.5) is 4.79 Å². The van der Waals surface area contributed by atoms with Crippen molar-refractivity contribution in [3.8, 4) is 0 Å². The van der Waals surface area contributed by atoms with Crippen LogP contribution in [0.5, 0.6) is 0 Å². The van der Waals surface area contributed by atoms with Gasteiger partial charge in [0.05, 0.1) is 0 Å². The number of hydrogen-bond donors (Lipinski definition) is 0. The van der Waals surface area contributed by atoms with Crippen molar-refractivity contribution >= 4 is 6.09 Å². The number of fused-ring (bicyclic) bond motifs is 2. The molecule has 2 unspecified atom stereocenters. The highest BCUT2D eigenvalue weighted by atomic mass is 16.6. The summed E-state index contributed by atoms with van der Waals surface area (Å²) < 4.78 is 5.37. The SMILES string of the molecule is CN(C(=O)OCc1ccccc1)[C@@H]1CC2C=CC1C2. The van der Waals surface area contributed by atoms with E-state index >= 15 is 0 Å². The summed E-state index contributed by atoms with van der Waals surface area (Å²) in [5.74, 6) is 1.19. The Hall–Kier alpha value is -1.77. The minimum atomic E-state index is -0.213. The number of carbonyl (C=O) groups is 1. The molecule has 100 valence electrons. The van der Waals surface area contributed by atoms with Gasteiger partial charge in [-0.3, -0.25) is 0 Å². The molecule has 1 amide bonds. The standard InChI is InChI=1S/C16H19NO2/c1-17(15-10-13-7-8-14(15)9-13)16(18)19-11-12-5-3-2-4-6-12/h2-8,13-15H,9-11H2,1H3/t13?,14?,15-/m1/s1. The van der Waals surface area contributed by atoms with E-state index in [4.69, 9.17) is 4.74 Å². The molecule has 3 rings (SSSR count). The van der Waals surface area contributed by atoms with Crippen LogP contribution in [0.25, 0.3) is 0 Å². The highest BCUT2D eigenvalue weighted by molar-refractivity contribution is 5.68. The number of nitrogens with zero attached hydrogens (tertiary/aromatic N) is 1. The average molecular weight is 257 g/mol. The van der Waals surface area contributed by atoms with Gasteiger partial charge in [-0.05, 0) is 30.2 Å². The molecule has 2 aliphatic carbocycles. The zero-order valence-corrected chi connectivity index (χ0v) is 11.2. The number of carbonyl (C=O) groups excluding carboxylic acids is 1. The molecule has 2 bridgehead atoms. The first-order valence-corrected chi connectivity index (χ1v) is 6.86. The Morgan fingerprint density at radius 1 is 1.26 bits per heavy atom. The Bertz CT molecular complexity index is 483. The van der Waals surface area contributed by atoms with Gasteiger partial charge in [-0.2, -0.15) is 0 Å². The van der Waals surface area contributed by atoms with Gasteiger partial charge in [-0.25, -0.2) is 4.79 Å². The molecule has 1 aromatic rings. The van der Waals surface area contributed by atoms with Crippen molar-refractivity contribution in [2.75, 3.05) is 7.05 Å². The third-order valence-electron chi connectivity index (χ3n) is 4.23. The Labute approximate surface area is 113 Å². The van der Waals surface area contributed by atoms with Crippen LogP contribution >= 0.6 is 0 Å². The second-order valence-corrected chi connectivity index (χ2v) is 5.50. The lowest BCUT2D eigenvalue weighted by Crippen LogP contribution is -2.39. The molecule has 0 saturated heterocycles. The highest BCUT2D eigenvalue weighted by Gasteiger charge is 2.39. The number of ether oxygens (including phenoxy) is 1. The van der Waals surface area contributed by atoms with Crippen LogP contribution in [0.15, 0.2) is 42.5 Å². The lowest BCUT2D eigenvalue weighted by molar-refractivity contribution is 0.0864. The lowest BCUT2D eigenvalue weighted by atomic mass is 10.0. The zero-order chi connectivity index (χ0) is 13.2. The molecule has 0 spiro atoms. The fourth-order valence-electron chi connectivity index (χ4n) is 3.15. The number of benzene rings is 1. The molecule has 3 nitrogen and oxygen atoms in total. The fourth-order valence-corrected chi connectivity index (χ4v) is 3.15. The molecule has 3 heteroatoms. The maximum Gasteiger partial charge on any atom is 0.410 e. The van der Waals surface area contributed by atoms with Gasteiger partial charge in [0.1, 0.15) is 6.61 Å². The number of amides is 1. The molecule has 0 radical (unpaired) electrons. The fraction of sp³-hybridized carbons (Fsp3) is 0.438. The first-order valence-electron chi connectivity index (χ1n) is 6.86. The average Bonchev–Trinajstić information content (AvgIpc) is 3.07. The Balaban J connectivity index is 1.54. The quantitative estimate of drug-likeness (QED) is 0.778. The van der Waals surface area contributed by atoms with Crippen molar-refractivity contribution in [3.63, 3.8) is 0 Å². The predicted octanol–water partition coefficient (Wildman–Crippen LogP) is 3.22. The first-order chi connectivity index (χ1) is 9.24. The summed E-state index contributed by atoms with van der Waals surface area (Å²) >= 11 is 0. The Morgan fingerprint density at radius 2 is 2.05 bits per heavy atom. The van der Waals surface area contributed by atoms with Crippen LogP contribution in [0, 0.1) is 11.8 Å². The maximum atomic E-state index is 12.1. The molecule has 1 aromatic carbocycles. The number of allylic oxidation sites excluding steroid dienone is 1. The van der Waals surface area contributed by atoms with E-state index in [1.54, 1.807) is 4.90 Å². The van der Waals surface area contributed by atoms with Crippen LogP contribution in [-0.2, 0) is 11.3 Å². The minimum absolute atomic E-state index is 0.213. The van der Waals surface area contributed by atoms with E-state index in [1.807, 2.05) is 37.4 Å². The van der Waals surface area contributed by atoms with E-state index in [2.05, 4.69) is 12.2 Å². The summed E-state index contributed by atoms with van der Waals surface area (Å²) in [5.41, 5.74) is 1.03. The van der Waals surface area contributed by atoms with Gasteiger partial charge in [0, 0.05) is 13.1 Å². The van der Waals surface area contributed by atoms with E-state index in [0.717, 1.165) is 12.0 Å². The van der Waals surface area contributed by atoms with E-state index in [0.29, 0.717) is 24.5 Å². The summed E-state index contributed by atoms with van der Waals surface area (Å²) in [7, 11) is 1.85. The van der Waals surface area contributed by atoms with Crippen LogP contribution in [0.2, 0.25) is 0 Å². The summed E-state index contributed by atoms with van der Waals surface area (Å²) in [6.45, 7) is 0.348. The largest absolute Gasteiger partial charge is 0.445 e. The molecular weight excluding hydrogens is 238 g/mol. The third kappa shape index (κ3) is 2.50. The van der Waals surface area contributed by atoms with Crippen LogP contribution < -0.4 is 0 Å². The second kappa shape index (κ2) is 5.08. The topological polar surface area (TPSA) is 29.5 Å². The van der Waals surface area contributed by atoms with Crippen molar-refractivity contribution in [1.82, 2.24) is 4.90 Å². The highest BCUT2D eigenvalue weighted by Crippen LogP contribution is 2.41. The van der Waals surface area contributed by atoms with Gasteiger partial charge in [0.2, 0.25) is 0 Å².